The lowest BCUT2D eigenvalue weighted by molar-refractivity contribution is 0.491. The van der Waals surface area contributed by atoms with Gasteiger partial charge in [0.2, 0.25) is 0 Å². The fourth-order valence-corrected chi connectivity index (χ4v) is 0.853. The van der Waals surface area contributed by atoms with E-state index in [4.69, 9.17) is 0 Å². The molecule has 1 aliphatic heterocycles. The Morgan fingerprint density at radius 1 is 1.62 bits per heavy atom. The van der Waals surface area contributed by atoms with Crippen LogP contribution < -0.4 is 0 Å². The lowest BCUT2D eigenvalue weighted by atomic mass is 10.2. The molecule has 0 N–H and O–H groups in total. The SMILES string of the molecule is CC1=CC=CN(C)C1. The van der Waals surface area contributed by atoms with Crippen molar-refractivity contribution in [2.75, 3.05) is 13.6 Å². The Kier molecular flexibility index (Phi) is 1.38. The lowest BCUT2D eigenvalue weighted by Crippen LogP contribution is -2.14. The van der Waals surface area contributed by atoms with Crippen LogP contribution in [0.4, 0.5) is 0 Å². The zero-order valence-electron chi connectivity index (χ0n) is 5.39. The molecule has 1 rings (SSSR count). The molecule has 0 spiro atoms. The largest absolute Gasteiger partial charge is 0.376 e. The van der Waals surface area contributed by atoms with Crippen molar-refractivity contribution in [1.29, 1.82) is 0 Å². The van der Waals surface area contributed by atoms with Crippen LogP contribution in [0.15, 0.2) is 23.9 Å². The van der Waals surface area contributed by atoms with Gasteiger partial charge in [-0.05, 0) is 19.2 Å². The van der Waals surface area contributed by atoms with Crippen LogP contribution in [0.5, 0.6) is 0 Å². The highest BCUT2D eigenvalue weighted by atomic mass is 15.1. The second-order valence-corrected chi connectivity index (χ2v) is 2.27. The third-order valence-electron chi connectivity index (χ3n) is 1.22. The fourth-order valence-electron chi connectivity index (χ4n) is 0.853. The van der Waals surface area contributed by atoms with Gasteiger partial charge in [-0.2, -0.15) is 0 Å². The Labute approximate surface area is 50.3 Å². The highest BCUT2D eigenvalue weighted by Crippen LogP contribution is 2.02. The molecule has 0 fully saturated rings. The second-order valence-electron chi connectivity index (χ2n) is 2.27. The van der Waals surface area contributed by atoms with Gasteiger partial charge in [-0.15, -0.1) is 0 Å². The maximum Gasteiger partial charge on any atom is 0.0380 e. The second kappa shape index (κ2) is 2.03. The molecular weight excluding hydrogens is 98.1 g/mol. The topological polar surface area (TPSA) is 3.24 Å². The first-order chi connectivity index (χ1) is 3.79. The van der Waals surface area contributed by atoms with E-state index in [1.807, 2.05) is 0 Å². The van der Waals surface area contributed by atoms with Gasteiger partial charge in [-0.3, -0.25) is 0 Å². The molecule has 0 aromatic heterocycles. The van der Waals surface area contributed by atoms with E-state index in [0.717, 1.165) is 6.54 Å². The summed E-state index contributed by atoms with van der Waals surface area (Å²) < 4.78 is 0. The smallest absolute Gasteiger partial charge is 0.0380 e. The summed E-state index contributed by atoms with van der Waals surface area (Å²) in [5.41, 5.74) is 1.43. The number of hydrogen-bond donors (Lipinski definition) is 0. The number of hydrogen-bond acceptors (Lipinski definition) is 1. The Bertz CT molecular complexity index is 133. The van der Waals surface area contributed by atoms with Crippen molar-refractivity contribution in [3.63, 3.8) is 0 Å². The predicted octanol–water partition coefficient (Wildman–Crippen LogP) is 1.39. The molecule has 0 amide bonds. The van der Waals surface area contributed by atoms with Crippen LogP contribution in [0, 0.1) is 0 Å². The zero-order chi connectivity index (χ0) is 5.98. The van der Waals surface area contributed by atoms with Crippen LogP contribution in [0.1, 0.15) is 6.92 Å². The van der Waals surface area contributed by atoms with Crippen LogP contribution in [0.2, 0.25) is 0 Å². The first kappa shape index (κ1) is 5.42. The van der Waals surface area contributed by atoms with Crippen molar-refractivity contribution in [3.05, 3.63) is 23.9 Å². The third-order valence-corrected chi connectivity index (χ3v) is 1.22. The standard InChI is InChI=1S/C7H11N/c1-7-4-3-5-8(2)6-7/h3-5H,6H2,1-2H3. The van der Waals surface area contributed by atoms with Crippen LogP contribution >= 0.6 is 0 Å². The highest BCUT2D eigenvalue weighted by Gasteiger charge is 1.94. The number of likely N-dealkylation sites (N-methyl/N-ethyl adjacent to an activating group) is 1. The quantitative estimate of drug-likeness (QED) is 0.454. The molecule has 0 radical (unpaired) electrons. The van der Waals surface area contributed by atoms with Gasteiger partial charge in [0, 0.05) is 13.6 Å². The number of rotatable bonds is 0. The lowest BCUT2D eigenvalue weighted by Gasteiger charge is -2.16. The molecule has 0 aromatic carbocycles. The van der Waals surface area contributed by atoms with E-state index in [2.05, 4.69) is 37.2 Å². The molecule has 0 saturated heterocycles. The van der Waals surface area contributed by atoms with Gasteiger partial charge in [0.25, 0.3) is 0 Å². The Morgan fingerprint density at radius 2 is 2.38 bits per heavy atom. The van der Waals surface area contributed by atoms with Gasteiger partial charge in [0.15, 0.2) is 0 Å². The van der Waals surface area contributed by atoms with E-state index in [1.54, 1.807) is 0 Å². The summed E-state index contributed by atoms with van der Waals surface area (Å²) in [5.74, 6) is 0. The van der Waals surface area contributed by atoms with E-state index in [9.17, 15) is 0 Å². The van der Waals surface area contributed by atoms with Gasteiger partial charge >= 0.3 is 0 Å². The summed E-state index contributed by atoms with van der Waals surface area (Å²) in [5, 5.41) is 0. The minimum Gasteiger partial charge on any atom is -0.376 e. The minimum atomic E-state index is 1.08. The van der Waals surface area contributed by atoms with E-state index < -0.39 is 0 Å². The maximum atomic E-state index is 2.16. The molecule has 1 heterocycles. The van der Waals surface area contributed by atoms with Gasteiger partial charge in [0.1, 0.15) is 0 Å². The number of allylic oxidation sites excluding steroid dienone is 2. The zero-order valence-corrected chi connectivity index (χ0v) is 5.39. The summed E-state index contributed by atoms with van der Waals surface area (Å²) in [4.78, 5) is 2.16. The highest BCUT2D eigenvalue weighted by molar-refractivity contribution is 5.16. The molecule has 0 atom stereocenters. The average Bonchev–Trinajstić information content (AvgIpc) is 1.64. The molecule has 1 nitrogen and oxygen atoms in total. The van der Waals surface area contributed by atoms with Crippen molar-refractivity contribution in [3.8, 4) is 0 Å². The number of nitrogens with zero attached hydrogens (tertiary/aromatic N) is 1. The molecule has 0 aliphatic carbocycles. The van der Waals surface area contributed by atoms with E-state index >= 15 is 0 Å². The van der Waals surface area contributed by atoms with Crippen LogP contribution in [-0.4, -0.2) is 18.5 Å². The molecule has 0 unspecified atom stereocenters. The molecule has 1 aliphatic rings. The first-order valence-corrected chi connectivity index (χ1v) is 2.83. The summed E-state index contributed by atoms with van der Waals surface area (Å²) in [7, 11) is 2.08. The molecule has 44 valence electrons. The molecule has 0 bridgehead atoms. The average molecular weight is 109 g/mol. The van der Waals surface area contributed by atoms with Crippen LogP contribution in [0.25, 0.3) is 0 Å². The fraction of sp³-hybridized carbons (Fsp3) is 0.429. The molecule has 0 saturated carbocycles. The minimum absolute atomic E-state index is 1.08. The maximum absolute atomic E-state index is 2.16. The third kappa shape index (κ3) is 1.12. The molecular formula is C7H11N. The van der Waals surface area contributed by atoms with Gasteiger partial charge in [-0.25, -0.2) is 0 Å². The summed E-state index contributed by atoms with van der Waals surface area (Å²) >= 11 is 0. The summed E-state index contributed by atoms with van der Waals surface area (Å²) in [6.45, 7) is 3.22. The molecule has 8 heavy (non-hydrogen) atoms. The first-order valence-electron chi connectivity index (χ1n) is 2.83. The monoisotopic (exact) mass is 109 g/mol. The van der Waals surface area contributed by atoms with Crippen molar-refractivity contribution in [2.45, 2.75) is 6.92 Å². The Hall–Kier alpha value is -0.720. The van der Waals surface area contributed by atoms with E-state index in [0.29, 0.717) is 0 Å². The summed E-state index contributed by atoms with van der Waals surface area (Å²) in [6.07, 6.45) is 6.28. The summed E-state index contributed by atoms with van der Waals surface area (Å²) in [6, 6.07) is 0. The van der Waals surface area contributed by atoms with E-state index in [-0.39, 0.29) is 0 Å². The van der Waals surface area contributed by atoms with Crippen molar-refractivity contribution >= 4 is 0 Å². The van der Waals surface area contributed by atoms with Crippen LogP contribution in [0.3, 0.4) is 0 Å². The van der Waals surface area contributed by atoms with Crippen molar-refractivity contribution in [2.24, 2.45) is 0 Å². The molecule has 1 heteroatoms. The van der Waals surface area contributed by atoms with Gasteiger partial charge in [0.05, 0.1) is 0 Å². The van der Waals surface area contributed by atoms with Crippen molar-refractivity contribution in [1.82, 2.24) is 4.90 Å². The van der Waals surface area contributed by atoms with Gasteiger partial charge < -0.3 is 4.90 Å². The van der Waals surface area contributed by atoms with Crippen LogP contribution in [-0.2, 0) is 0 Å². The Balaban J connectivity index is 2.59. The normalized spacial score (nSPS) is 18.8. The Morgan fingerprint density at radius 3 is 2.75 bits per heavy atom. The molecule has 0 aromatic rings. The predicted molar refractivity (Wildman–Crippen MR) is 35.5 cm³/mol. The van der Waals surface area contributed by atoms with Gasteiger partial charge in [-0.1, -0.05) is 11.6 Å². The van der Waals surface area contributed by atoms with Crippen molar-refractivity contribution < 1.29 is 0 Å². The van der Waals surface area contributed by atoms with E-state index in [1.165, 1.54) is 5.57 Å².